The van der Waals surface area contributed by atoms with Crippen molar-refractivity contribution in [3.8, 4) is 11.4 Å². The molecule has 0 unspecified atom stereocenters. The minimum atomic E-state index is -0.215. The van der Waals surface area contributed by atoms with Crippen molar-refractivity contribution < 1.29 is 9.13 Å². The van der Waals surface area contributed by atoms with Crippen LogP contribution in [0.2, 0.25) is 0 Å². The minimum Gasteiger partial charge on any atom is -0.496 e. The topological polar surface area (TPSA) is 76.9 Å². The highest BCUT2D eigenvalue weighted by atomic mass is 19.1. The Morgan fingerprint density at radius 2 is 2.11 bits per heavy atom. The van der Waals surface area contributed by atoms with Crippen molar-refractivity contribution >= 4 is 0 Å². The highest BCUT2D eigenvalue weighted by Crippen LogP contribution is 2.26. The van der Waals surface area contributed by atoms with E-state index in [1.807, 2.05) is 30.3 Å². The number of aromatic nitrogens is 4. The van der Waals surface area contributed by atoms with Crippen LogP contribution in [0.3, 0.4) is 0 Å². The molecule has 0 aliphatic carbocycles. The SMILES string of the molecule is COc1ccc(-n2cnnn2)cc1CN[C@H]1CCCN[C@@H]1c1ccc(F)cc1. The van der Waals surface area contributed by atoms with Gasteiger partial charge in [0.2, 0.25) is 0 Å². The van der Waals surface area contributed by atoms with E-state index in [-0.39, 0.29) is 17.9 Å². The molecule has 4 rings (SSSR count). The predicted molar refractivity (Wildman–Crippen MR) is 103 cm³/mol. The molecule has 1 aliphatic rings. The maximum absolute atomic E-state index is 13.3. The number of nitrogens with zero attached hydrogens (tertiary/aromatic N) is 4. The summed E-state index contributed by atoms with van der Waals surface area (Å²) in [6.07, 6.45) is 3.70. The van der Waals surface area contributed by atoms with Gasteiger partial charge in [0.05, 0.1) is 12.8 Å². The Bertz CT molecular complexity index is 900. The van der Waals surface area contributed by atoms with Gasteiger partial charge in [-0.05, 0) is 65.7 Å². The molecule has 2 atom stereocenters. The fraction of sp³-hybridized carbons (Fsp3) is 0.350. The van der Waals surface area contributed by atoms with Gasteiger partial charge in [0, 0.05) is 24.2 Å². The van der Waals surface area contributed by atoms with Crippen molar-refractivity contribution in [3.05, 3.63) is 65.7 Å². The molecule has 1 aliphatic heterocycles. The van der Waals surface area contributed by atoms with E-state index in [4.69, 9.17) is 4.74 Å². The maximum atomic E-state index is 13.3. The molecule has 0 amide bonds. The van der Waals surface area contributed by atoms with Crippen molar-refractivity contribution in [1.82, 2.24) is 30.8 Å². The summed E-state index contributed by atoms with van der Waals surface area (Å²) in [6, 6.07) is 13.0. The highest BCUT2D eigenvalue weighted by Gasteiger charge is 2.26. The molecule has 1 aromatic heterocycles. The van der Waals surface area contributed by atoms with E-state index in [0.29, 0.717) is 6.54 Å². The number of ether oxygens (including phenoxy) is 1. The molecule has 8 heteroatoms. The fourth-order valence-corrected chi connectivity index (χ4v) is 3.69. The summed E-state index contributed by atoms with van der Waals surface area (Å²) >= 11 is 0. The van der Waals surface area contributed by atoms with Crippen LogP contribution in [-0.2, 0) is 6.54 Å². The van der Waals surface area contributed by atoms with Gasteiger partial charge >= 0.3 is 0 Å². The average molecular weight is 382 g/mol. The van der Waals surface area contributed by atoms with E-state index in [1.54, 1.807) is 18.1 Å². The highest BCUT2D eigenvalue weighted by molar-refractivity contribution is 5.43. The van der Waals surface area contributed by atoms with E-state index in [0.717, 1.165) is 42.0 Å². The van der Waals surface area contributed by atoms with Crippen molar-refractivity contribution in [2.75, 3.05) is 13.7 Å². The second-order valence-electron chi connectivity index (χ2n) is 6.86. The number of rotatable bonds is 6. The second-order valence-corrected chi connectivity index (χ2v) is 6.86. The number of methoxy groups -OCH3 is 1. The van der Waals surface area contributed by atoms with Gasteiger partial charge in [-0.25, -0.2) is 9.07 Å². The number of halogens is 1. The van der Waals surface area contributed by atoms with Crippen LogP contribution in [0.25, 0.3) is 5.69 Å². The predicted octanol–water partition coefficient (Wildman–Crippen LogP) is 2.39. The molecule has 0 radical (unpaired) electrons. The Kier molecular flexibility index (Phi) is 5.59. The summed E-state index contributed by atoms with van der Waals surface area (Å²) < 4.78 is 20.4. The molecule has 2 heterocycles. The smallest absolute Gasteiger partial charge is 0.143 e. The van der Waals surface area contributed by atoms with Crippen LogP contribution in [-0.4, -0.2) is 39.9 Å². The largest absolute Gasteiger partial charge is 0.496 e. The summed E-state index contributed by atoms with van der Waals surface area (Å²) in [6.45, 7) is 1.60. The Morgan fingerprint density at radius 3 is 2.86 bits per heavy atom. The normalized spacial score (nSPS) is 19.5. The lowest BCUT2D eigenvalue weighted by Gasteiger charge is -2.34. The van der Waals surface area contributed by atoms with E-state index >= 15 is 0 Å². The molecule has 28 heavy (non-hydrogen) atoms. The molecule has 146 valence electrons. The molecule has 1 fully saturated rings. The number of hydrogen-bond donors (Lipinski definition) is 2. The summed E-state index contributed by atoms with van der Waals surface area (Å²) in [4.78, 5) is 0. The van der Waals surface area contributed by atoms with E-state index in [1.165, 1.54) is 12.1 Å². The molecule has 0 bridgehead atoms. The van der Waals surface area contributed by atoms with Gasteiger partial charge in [-0.15, -0.1) is 5.10 Å². The zero-order chi connectivity index (χ0) is 19.3. The molecular weight excluding hydrogens is 359 g/mol. The first-order valence-corrected chi connectivity index (χ1v) is 9.37. The van der Waals surface area contributed by atoms with Gasteiger partial charge in [-0.2, -0.15) is 0 Å². The van der Waals surface area contributed by atoms with Crippen LogP contribution in [0.5, 0.6) is 5.75 Å². The Morgan fingerprint density at radius 1 is 1.25 bits per heavy atom. The standard InChI is InChI=1S/C20H23FN6O/c1-28-19-9-8-17(27-13-24-25-26-27)11-15(19)12-23-18-3-2-10-22-20(18)14-4-6-16(21)7-5-14/h4-9,11,13,18,20,22-23H,2-3,10,12H2,1H3/t18-,20+/m0/s1. The summed E-state index contributed by atoms with van der Waals surface area (Å²) in [5, 5.41) is 18.5. The number of hydrogen-bond acceptors (Lipinski definition) is 6. The zero-order valence-corrected chi connectivity index (χ0v) is 15.7. The van der Waals surface area contributed by atoms with Gasteiger partial charge in [-0.3, -0.25) is 0 Å². The lowest BCUT2D eigenvalue weighted by molar-refractivity contribution is 0.302. The molecule has 2 aromatic carbocycles. The van der Waals surface area contributed by atoms with Crippen molar-refractivity contribution in [2.45, 2.75) is 31.5 Å². The average Bonchev–Trinajstić information content (AvgIpc) is 3.28. The van der Waals surface area contributed by atoms with Crippen LogP contribution in [0.15, 0.2) is 48.8 Å². The number of benzene rings is 2. The Hall–Kier alpha value is -2.84. The third-order valence-electron chi connectivity index (χ3n) is 5.12. The maximum Gasteiger partial charge on any atom is 0.143 e. The van der Waals surface area contributed by atoms with Crippen molar-refractivity contribution in [1.29, 1.82) is 0 Å². The molecule has 0 spiro atoms. The van der Waals surface area contributed by atoms with E-state index in [9.17, 15) is 4.39 Å². The number of tetrazole rings is 1. The molecule has 7 nitrogen and oxygen atoms in total. The molecule has 2 N–H and O–H groups in total. The minimum absolute atomic E-state index is 0.142. The van der Waals surface area contributed by atoms with E-state index < -0.39 is 0 Å². The van der Waals surface area contributed by atoms with Crippen LogP contribution in [0.1, 0.15) is 30.0 Å². The van der Waals surface area contributed by atoms with Gasteiger partial charge in [0.25, 0.3) is 0 Å². The lowest BCUT2D eigenvalue weighted by atomic mass is 9.92. The van der Waals surface area contributed by atoms with Crippen LogP contribution < -0.4 is 15.4 Å². The van der Waals surface area contributed by atoms with Crippen LogP contribution in [0, 0.1) is 5.82 Å². The Labute approximate surface area is 162 Å². The zero-order valence-electron chi connectivity index (χ0n) is 15.7. The molecule has 1 saturated heterocycles. The van der Waals surface area contributed by atoms with Crippen LogP contribution in [0.4, 0.5) is 4.39 Å². The van der Waals surface area contributed by atoms with Gasteiger partial charge in [0.15, 0.2) is 0 Å². The molecular formula is C20H23FN6O. The van der Waals surface area contributed by atoms with Gasteiger partial charge in [0.1, 0.15) is 17.9 Å². The van der Waals surface area contributed by atoms with Crippen molar-refractivity contribution in [3.63, 3.8) is 0 Å². The third-order valence-corrected chi connectivity index (χ3v) is 5.12. The summed E-state index contributed by atoms with van der Waals surface area (Å²) in [5.41, 5.74) is 2.99. The van der Waals surface area contributed by atoms with Crippen molar-refractivity contribution in [2.24, 2.45) is 0 Å². The Balaban J connectivity index is 1.52. The monoisotopic (exact) mass is 382 g/mol. The first-order chi connectivity index (χ1) is 13.7. The van der Waals surface area contributed by atoms with Crippen LogP contribution >= 0.6 is 0 Å². The summed E-state index contributed by atoms with van der Waals surface area (Å²) in [7, 11) is 1.67. The van der Waals surface area contributed by atoms with Gasteiger partial charge in [-0.1, -0.05) is 12.1 Å². The van der Waals surface area contributed by atoms with E-state index in [2.05, 4.69) is 26.2 Å². The summed E-state index contributed by atoms with van der Waals surface area (Å²) in [5.74, 6) is 0.597. The molecule has 3 aromatic rings. The first-order valence-electron chi connectivity index (χ1n) is 9.37. The second kappa shape index (κ2) is 8.45. The number of nitrogens with one attached hydrogen (secondary N) is 2. The van der Waals surface area contributed by atoms with Gasteiger partial charge < -0.3 is 15.4 Å². The number of piperidine rings is 1. The fourth-order valence-electron chi connectivity index (χ4n) is 3.69. The third kappa shape index (κ3) is 4.02. The molecule has 0 saturated carbocycles. The quantitative estimate of drug-likeness (QED) is 0.682. The lowest BCUT2D eigenvalue weighted by Crippen LogP contribution is -2.45. The first kappa shape index (κ1) is 18.5.